The van der Waals surface area contributed by atoms with Gasteiger partial charge in [0.25, 0.3) is 0 Å². The van der Waals surface area contributed by atoms with Crippen LogP contribution < -0.4 is 17.2 Å². The Morgan fingerprint density at radius 1 is 1.18 bits per heavy atom. The van der Waals surface area contributed by atoms with Crippen molar-refractivity contribution < 1.29 is 0 Å². The van der Waals surface area contributed by atoms with Crippen LogP contribution in [0.5, 0.6) is 0 Å². The lowest BCUT2D eigenvalue weighted by atomic mass is 10.1. The zero-order valence-corrected chi connectivity index (χ0v) is 10.2. The highest BCUT2D eigenvalue weighted by molar-refractivity contribution is 5.92. The average molecular weight is 233 g/mol. The molecule has 0 heterocycles. The van der Waals surface area contributed by atoms with Gasteiger partial charge >= 0.3 is 0 Å². The topological polar surface area (TPSA) is 103 Å². The zero-order valence-electron chi connectivity index (χ0n) is 10.2. The molecule has 0 bridgehead atoms. The summed E-state index contributed by atoms with van der Waals surface area (Å²) in [7, 11) is 0. The van der Waals surface area contributed by atoms with E-state index in [0.717, 1.165) is 12.0 Å². The average Bonchev–Trinajstić information content (AvgIpc) is 2.28. The van der Waals surface area contributed by atoms with Gasteiger partial charge in [-0.05, 0) is 24.5 Å². The van der Waals surface area contributed by atoms with Crippen LogP contribution in [0.1, 0.15) is 31.0 Å². The van der Waals surface area contributed by atoms with Crippen molar-refractivity contribution in [2.45, 2.75) is 26.3 Å². The number of aliphatic imine (C=N–C) groups is 2. The number of hydrogen-bond acceptors (Lipinski definition) is 1. The minimum atomic E-state index is -0.0835. The van der Waals surface area contributed by atoms with Crippen LogP contribution in [-0.4, -0.2) is 11.9 Å². The van der Waals surface area contributed by atoms with E-state index < -0.39 is 0 Å². The largest absolute Gasteiger partial charge is 0.370 e. The highest BCUT2D eigenvalue weighted by Gasteiger charge is 2.04. The van der Waals surface area contributed by atoms with Crippen LogP contribution in [0.2, 0.25) is 0 Å². The van der Waals surface area contributed by atoms with Crippen molar-refractivity contribution >= 4 is 11.9 Å². The summed E-state index contributed by atoms with van der Waals surface area (Å²) < 4.78 is 0. The molecule has 0 saturated carbocycles. The third-order valence-electron chi connectivity index (χ3n) is 2.44. The summed E-state index contributed by atoms with van der Waals surface area (Å²) in [5.74, 6) is 0.0110. The maximum absolute atomic E-state index is 5.57. The minimum absolute atomic E-state index is 0.0657. The van der Waals surface area contributed by atoms with Crippen molar-refractivity contribution in [1.29, 1.82) is 0 Å². The van der Waals surface area contributed by atoms with Crippen molar-refractivity contribution in [3.63, 3.8) is 0 Å². The molecular weight excluding hydrogens is 214 g/mol. The number of nitrogens with zero attached hydrogens (tertiary/aromatic N) is 2. The third kappa shape index (κ3) is 4.14. The van der Waals surface area contributed by atoms with E-state index in [1.807, 2.05) is 19.1 Å². The van der Waals surface area contributed by atoms with Crippen LogP contribution in [-0.2, 0) is 6.42 Å². The molecular formula is C12H19N5. The molecule has 0 aliphatic rings. The fourth-order valence-electron chi connectivity index (χ4n) is 1.47. The Labute approximate surface area is 101 Å². The number of rotatable bonds is 3. The summed E-state index contributed by atoms with van der Waals surface area (Å²) in [6.07, 6.45) is 1.02. The van der Waals surface area contributed by atoms with Crippen LogP contribution in [0, 0.1) is 0 Å². The smallest absolute Gasteiger partial charge is 0.219 e. The first-order valence-corrected chi connectivity index (χ1v) is 5.54. The number of hydrogen-bond donors (Lipinski definition) is 3. The van der Waals surface area contributed by atoms with Gasteiger partial charge in [-0.2, -0.15) is 4.99 Å². The van der Waals surface area contributed by atoms with Gasteiger partial charge in [-0.25, -0.2) is 4.99 Å². The van der Waals surface area contributed by atoms with Crippen molar-refractivity contribution in [1.82, 2.24) is 0 Å². The van der Waals surface area contributed by atoms with E-state index in [1.54, 1.807) is 0 Å². The molecule has 1 unspecified atom stereocenters. The summed E-state index contributed by atoms with van der Waals surface area (Å²) in [4.78, 5) is 7.87. The molecule has 1 aromatic carbocycles. The second kappa shape index (κ2) is 5.89. The van der Waals surface area contributed by atoms with Gasteiger partial charge in [0.2, 0.25) is 5.96 Å². The van der Waals surface area contributed by atoms with Gasteiger partial charge in [0, 0.05) is 0 Å². The molecule has 0 amide bonds. The second-order valence-corrected chi connectivity index (χ2v) is 3.80. The van der Waals surface area contributed by atoms with E-state index in [4.69, 9.17) is 17.2 Å². The first-order valence-electron chi connectivity index (χ1n) is 5.54. The Balaban J connectivity index is 2.82. The number of aryl methyl sites for hydroxylation is 1. The third-order valence-corrected chi connectivity index (χ3v) is 2.44. The summed E-state index contributed by atoms with van der Waals surface area (Å²) >= 11 is 0. The molecule has 1 aromatic rings. The van der Waals surface area contributed by atoms with E-state index in [1.165, 1.54) is 5.56 Å². The van der Waals surface area contributed by atoms with Crippen LogP contribution in [0.15, 0.2) is 34.3 Å². The van der Waals surface area contributed by atoms with Gasteiger partial charge in [0.15, 0.2) is 5.96 Å². The summed E-state index contributed by atoms with van der Waals surface area (Å²) in [5, 5.41) is 0. The predicted octanol–water partition coefficient (Wildman–Crippen LogP) is 0.898. The summed E-state index contributed by atoms with van der Waals surface area (Å²) in [6.45, 7) is 4.06. The zero-order chi connectivity index (χ0) is 12.8. The Kier molecular flexibility index (Phi) is 4.51. The van der Waals surface area contributed by atoms with Gasteiger partial charge in [-0.1, -0.05) is 31.2 Å². The van der Waals surface area contributed by atoms with Crippen LogP contribution in [0.25, 0.3) is 0 Å². The Hall–Kier alpha value is -2.04. The molecule has 6 N–H and O–H groups in total. The lowest BCUT2D eigenvalue weighted by Crippen LogP contribution is -2.26. The predicted molar refractivity (Wildman–Crippen MR) is 71.7 cm³/mol. The molecule has 0 spiro atoms. The lowest BCUT2D eigenvalue weighted by Gasteiger charge is -2.08. The van der Waals surface area contributed by atoms with Gasteiger partial charge in [-0.3, -0.25) is 0 Å². The van der Waals surface area contributed by atoms with Crippen LogP contribution >= 0.6 is 0 Å². The van der Waals surface area contributed by atoms with E-state index in [0.29, 0.717) is 0 Å². The van der Waals surface area contributed by atoms with Gasteiger partial charge in [0.1, 0.15) is 0 Å². The lowest BCUT2D eigenvalue weighted by molar-refractivity contribution is 0.814. The summed E-state index contributed by atoms with van der Waals surface area (Å²) in [6, 6.07) is 8.17. The fourth-order valence-corrected chi connectivity index (χ4v) is 1.47. The molecule has 1 rings (SSSR count). The summed E-state index contributed by atoms with van der Waals surface area (Å²) in [5.41, 5.74) is 18.4. The first-order chi connectivity index (χ1) is 8.02. The van der Waals surface area contributed by atoms with E-state index >= 15 is 0 Å². The van der Waals surface area contributed by atoms with Crippen molar-refractivity contribution in [3.8, 4) is 0 Å². The molecule has 5 nitrogen and oxygen atoms in total. The van der Waals surface area contributed by atoms with Crippen molar-refractivity contribution in [3.05, 3.63) is 35.4 Å². The van der Waals surface area contributed by atoms with E-state index in [9.17, 15) is 0 Å². The molecule has 5 heteroatoms. The Morgan fingerprint density at radius 3 is 2.24 bits per heavy atom. The number of benzene rings is 1. The molecule has 0 aromatic heterocycles. The molecule has 0 aliphatic heterocycles. The highest BCUT2D eigenvalue weighted by Crippen LogP contribution is 2.17. The molecule has 1 atom stereocenters. The molecule has 0 fully saturated rings. The van der Waals surface area contributed by atoms with Crippen LogP contribution in [0.4, 0.5) is 0 Å². The van der Waals surface area contributed by atoms with E-state index in [2.05, 4.69) is 29.0 Å². The normalized spacial score (nSPS) is 13.2. The monoisotopic (exact) mass is 233 g/mol. The maximum atomic E-state index is 5.57. The Morgan fingerprint density at radius 2 is 1.76 bits per heavy atom. The number of guanidine groups is 2. The van der Waals surface area contributed by atoms with Gasteiger partial charge < -0.3 is 17.2 Å². The molecule has 0 radical (unpaired) electrons. The maximum Gasteiger partial charge on any atom is 0.219 e. The first kappa shape index (κ1) is 13.0. The fraction of sp³-hybridized carbons (Fsp3) is 0.333. The molecule has 92 valence electrons. The van der Waals surface area contributed by atoms with Crippen LogP contribution in [0.3, 0.4) is 0 Å². The van der Waals surface area contributed by atoms with Crippen molar-refractivity contribution in [2.24, 2.45) is 27.2 Å². The highest BCUT2D eigenvalue weighted by atomic mass is 15.1. The molecule has 17 heavy (non-hydrogen) atoms. The van der Waals surface area contributed by atoms with E-state index in [-0.39, 0.29) is 18.0 Å². The molecule has 0 saturated heterocycles. The SMILES string of the molecule is CCc1ccc(C(C)N=C(N)N=C(N)N)cc1. The Bertz CT molecular complexity index is 415. The quantitative estimate of drug-likeness (QED) is 0.533. The minimum Gasteiger partial charge on any atom is -0.370 e. The van der Waals surface area contributed by atoms with Crippen molar-refractivity contribution in [2.75, 3.05) is 0 Å². The molecule has 0 aliphatic carbocycles. The van der Waals surface area contributed by atoms with Gasteiger partial charge in [0.05, 0.1) is 6.04 Å². The standard InChI is InChI=1S/C12H19N5/c1-3-9-4-6-10(7-5-9)8(2)16-12(15)17-11(13)14/h4-8H,3H2,1-2H3,(H6,13,14,15,16,17). The number of nitrogens with two attached hydrogens (primary N) is 3. The van der Waals surface area contributed by atoms with Gasteiger partial charge in [-0.15, -0.1) is 0 Å². The second-order valence-electron chi connectivity index (χ2n) is 3.80.